The maximum absolute atomic E-state index is 13.9. The Labute approximate surface area is 124 Å². The van der Waals surface area contributed by atoms with E-state index in [1.165, 1.54) is 18.2 Å². The van der Waals surface area contributed by atoms with Gasteiger partial charge < -0.3 is 10.6 Å². The minimum atomic E-state index is -0.585. The predicted octanol–water partition coefficient (Wildman–Crippen LogP) is 3.46. The van der Waals surface area contributed by atoms with Crippen molar-refractivity contribution in [3.8, 4) is 0 Å². The van der Waals surface area contributed by atoms with Crippen LogP contribution in [0, 0.1) is 5.82 Å². The molecule has 21 heavy (non-hydrogen) atoms. The van der Waals surface area contributed by atoms with Gasteiger partial charge in [0.1, 0.15) is 5.82 Å². The second-order valence-corrected chi connectivity index (χ2v) is 5.25. The van der Waals surface area contributed by atoms with E-state index in [1.807, 2.05) is 44.2 Å². The van der Waals surface area contributed by atoms with Crippen molar-refractivity contribution in [1.29, 1.82) is 0 Å². The fourth-order valence-corrected chi connectivity index (χ4v) is 2.13. The summed E-state index contributed by atoms with van der Waals surface area (Å²) in [5.41, 5.74) is 6.89. The Hall–Kier alpha value is -2.36. The molecule has 3 nitrogen and oxygen atoms in total. The Balaban J connectivity index is 2.27. The Morgan fingerprint density at radius 1 is 1.19 bits per heavy atom. The lowest BCUT2D eigenvalue weighted by Gasteiger charge is -2.27. The normalized spacial score (nSPS) is 10.7. The van der Waals surface area contributed by atoms with E-state index < -0.39 is 5.82 Å². The molecule has 1 amide bonds. The molecule has 0 radical (unpaired) electrons. The van der Waals surface area contributed by atoms with E-state index in [2.05, 4.69) is 0 Å². The number of nitrogen functional groups attached to an aromatic ring is 1. The number of carbonyl (C=O) groups is 1. The van der Waals surface area contributed by atoms with Crippen molar-refractivity contribution in [3.05, 3.63) is 65.5 Å². The fourth-order valence-electron chi connectivity index (χ4n) is 2.13. The topological polar surface area (TPSA) is 46.3 Å². The highest BCUT2D eigenvalue weighted by Gasteiger charge is 2.21. The second kappa shape index (κ2) is 6.39. The van der Waals surface area contributed by atoms with Crippen LogP contribution in [0.3, 0.4) is 0 Å². The molecule has 2 rings (SSSR count). The van der Waals surface area contributed by atoms with E-state index in [0.717, 1.165) is 5.56 Å². The van der Waals surface area contributed by atoms with Gasteiger partial charge in [0, 0.05) is 18.3 Å². The summed E-state index contributed by atoms with van der Waals surface area (Å²) in [4.78, 5) is 14.2. The molecule has 0 aliphatic rings. The highest BCUT2D eigenvalue weighted by molar-refractivity contribution is 5.95. The Morgan fingerprint density at radius 2 is 1.86 bits per heavy atom. The van der Waals surface area contributed by atoms with E-state index in [1.54, 1.807) is 4.90 Å². The molecule has 2 aromatic carbocycles. The quantitative estimate of drug-likeness (QED) is 0.875. The van der Waals surface area contributed by atoms with Crippen molar-refractivity contribution in [2.45, 2.75) is 26.4 Å². The Kier molecular flexibility index (Phi) is 4.58. The zero-order valence-corrected chi connectivity index (χ0v) is 12.2. The lowest BCUT2D eigenvalue weighted by atomic mass is 10.1. The molecule has 0 aliphatic carbocycles. The van der Waals surface area contributed by atoms with Crippen molar-refractivity contribution >= 4 is 11.6 Å². The number of anilines is 1. The van der Waals surface area contributed by atoms with Gasteiger partial charge in [-0.3, -0.25) is 4.79 Å². The molecule has 110 valence electrons. The van der Waals surface area contributed by atoms with Crippen molar-refractivity contribution < 1.29 is 9.18 Å². The number of carbonyl (C=O) groups excluding carboxylic acids is 1. The standard InChI is InChI=1S/C17H19FN2O/c1-12(2)20(11-13-6-4-3-5-7-13)17(21)15-9-8-14(19)10-16(15)18/h3-10,12H,11,19H2,1-2H3. The molecule has 0 saturated heterocycles. The average molecular weight is 286 g/mol. The van der Waals surface area contributed by atoms with Gasteiger partial charge in [-0.15, -0.1) is 0 Å². The number of hydrogen-bond acceptors (Lipinski definition) is 2. The molecule has 4 heteroatoms. The van der Waals surface area contributed by atoms with Crippen LogP contribution in [0.4, 0.5) is 10.1 Å². The summed E-state index contributed by atoms with van der Waals surface area (Å²) in [5.74, 6) is -0.912. The minimum absolute atomic E-state index is 0.0327. The lowest BCUT2D eigenvalue weighted by molar-refractivity contribution is 0.0685. The first-order chi connectivity index (χ1) is 9.99. The SMILES string of the molecule is CC(C)N(Cc1ccccc1)C(=O)c1ccc(N)cc1F. The van der Waals surface area contributed by atoms with Gasteiger partial charge in [0.25, 0.3) is 5.91 Å². The van der Waals surface area contributed by atoms with E-state index in [-0.39, 0.29) is 17.5 Å². The monoisotopic (exact) mass is 286 g/mol. The number of amides is 1. The van der Waals surface area contributed by atoms with E-state index in [9.17, 15) is 9.18 Å². The second-order valence-electron chi connectivity index (χ2n) is 5.25. The van der Waals surface area contributed by atoms with Crippen LogP contribution in [0.1, 0.15) is 29.8 Å². The highest BCUT2D eigenvalue weighted by atomic mass is 19.1. The van der Waals surface area contributed by atoms with Gasteiger partial charge in [0.05, 0.1) is 5.56 Å². The van der Waals surface area contributed by atoms with Crippen LogP contribution >= 0.6 is 0 Å². The minimum Gasteiger partial charge on any atom is -0.399 e. The third kappa shape index (κ3) is 3.60. The third-order valence-electron chi connectivity index (χ3n) is 3.30. The predicted molar refractivity (Wildman–Crippen MR) is 82.3 cm³/mol. The molecular weight excluding hydrogens is 267 g/mol. The molecule has 0 unspecified atom stereocenters. The first-order valence-electron chi connectivity index (χ1n) is 6.89. The van der Waals surface area contributed by atoms with Gasteiger partial charge in [0.15, 0.2) is 0 Å². The molecule has 0 atom stereocenters. The summed E-state index contributed by atoms with van der Waals surface area (Å²) < 4.78 is 13.9. The van der Waals surface area contributed by atoms with Gasteiger partial charge in [-0.1, -0.05) is 30.3 Å². The van der Waals surface area contributed by atoms with Gasteiger partial charge in [-0.05, 0) is 37.6 Å². The van der Waals surface area contributed by atoms with Crippen LogP contribution < -0.4 is 5.73 Å². The molecule has 0 fully saturated rings. The molecule has 0 spiro atoms. The third-order valence-corrected chi connectivity index (χ3v) is 3.30. The molecule has 0 saturated carbocycles. The first-order valence-corrected chi connectivity index (χ1v) is 6.89. The number of halogens is 1. The zero-order valence-electron chi connectivity index (χ0n) is 12.2. The summed E-state index contributed by atoms with van der Waals surface area (Å²) in [6.45, 7) is 4.27. The van der Waals surface area contributed by atoms with Crippen molar-refractivity contribution in [1.82, 2.24) is 4.90 Å². The van der Waals surface area contributed by atoms with Crippen molar-refractivity contribution in [2.75, 3.05) is 5.73 Å². The summed E-state index contributed by atoms with van der Waals surface area (Å²) in [6, 6.07) is 13.8. The summed E-state index contributed by atoms with van der Waals surface area (Å²) in [6.07, 6.45) is 0. The molecule has 0 bridgehead atoms. The lowest BCUT2D eigenvalue weighted by Crippen LogP contribution is -2.36. The number of nitrogens with zero attached hydrogens (tertiary/aromatic N) is 1. The van der Waals surface area contributed by atoms with Crippen molar-refractivity contribution in [3.63, 3.8) is 0 Å². The Bertz CT molecular complexity index is 626. The molecule has 0 heterocycles. The van der Waals surface area contributed by atoms with Crippen molar-refractivity contribution in [2.24, 2.45) is 0 Å². The smallest absolute Gasteiger partial charge is 0.257 e. The fraction of sp³-hybridized carbons (Fsp3) is 0.235. The first kappa shape index (κ1) is 15.0. The molecular formula is C17H19FN2O. The van der Waals surface area contributed by atoms with Crippen LogP contribution in [0.25, 0.3) is 0 Å². The van der Waals surface area contributed by atoms with E-state index in [0.29, 0.717) is 12.2 Å². The molecule has 2 N–H and O–H groups in total. The highest BCUT2D eigenvalue weighted by Crippen LogP contribution is 2.17. The number of hydrogen-bond donors (Lipinski definition) is 1. The summed E-state index contributed by atoms with van der Waals surface area (Å²) in [7, 11) is 0. The number of rotatable bonds is 4. The van der Waals surface area contributed by atoms with Crippen LogP contribution in [0.5, 0.6) is 0 Å². The van der Waals surface area contributed by atoms with Gasteiger partial charge >= 0.3 is 0 Å². The van der Waals surface area contributed by atoms with Crippen LogP contribution in [-0.2, 0) is 6.54 Å². The molecule has 0 aromatic heterocycles. The largest absolute Gasteiger partial charge is 0.399 e. The van der Waals surface area contributed by atoms with Gasteiger partial charge in [0.2, 0.25) is 0 Å². The van der Waals surface area contributed by atoms with Crippen LogP contribution in [-0.4, -0.2) is 16.8 Å². The van der Waals surface area contributed by atoms with Gasteiger partial charge in [-0.25, -0.2) is 4.39 Å². The number of benzene rings is 2. The average Bonchev–Trinajstić information content (AvgIpc) is 2.45. The molecule has 0 aliphatic heterocycles. The maximum atomic E-state index is 13.9. The Morgan fingerprint density at radius 3 is 2.43 bits per heavy atom. The van der Waals surface area contributed by atoms with Crippen LogP contribution in [0.15, 0.2) is 48.5 Å². The summed E-state index contributed by atoms with van der Waals surface area (Å²) >= 11 is 0. The zero-order chi connectivity index (χ0) is 15.4. The maximum Gasteiger partial charge on any atom is 0.257 e. The molecule has 2 aromatic rings. The summed E-state index contributed by atoms with van der Waals surface area (Å²) in [5, 5.41) is 0. The number of nitrogens with two attached hydrogens (primary N) is 1. The van der Waals surface area contributed by atoms with Gasteiger partial charge in [-0.2, -0.15) is 0 Å². The van der Waals surface area contributed by atoms with E-state index >= 15 is 0 Å². The van der Waals surface area contributed by atoms with Crippen LogP contribution in [0.2, 0.25) is 0 Å². The van der Waals surface area contributed by atoms with E-state index in [4.69, 9.17) is 5.73 Å².